The molecule has 1 fully saturated rings. The van der Waals surface area contributed by atoms with Crippen LogP contribution in [-0.4, -0.2) is 29.1 Å². The summed E-state index contributed by atoms with van der Waals surface area (Å²) < 4.78 is 0. The highest BCUT2D eigenvalue weighted by atomic mass is 16.3. The Labute approximate surface area is 102 Å². The molecule has 1 N–H and O–H groups in total. The molecule has 0 aliphatic carbocycles. The van der Waals surface area contributed by atoms with Crippen LogP contribution in [0, 0.1) is 11.3 Å². The molecule has 90 valence electrons. The van der Waals surface area contributed by atoms with Gasteiger partial charge in [0.15, 0.2) is 0 Å². The van der Waals surface area contributed by atoms with E-state index in [0.717, 1.165) is 24.9 Å². The van der Waals surface area contributed by atoms with Gasteiger partial charge in [-0.1, -0.05) is 30.3 Å². The van der Waals surface area contributed by atoms with Gasteiger partial charge < -0.3 is 5.11 Å². The average Bonchev–Trinajstić information content (AvgIpc) is 2.77. The SMILES string of the molecule is CC(O)(CN1CCCC1C#N)c1ccccc1. The molecule has 1 saturated heterocycles. The standard InChI is InChI=1S/C14H18N2O/c1-14(17,12-6-3-2-4-7-12)11-16-9-5-8-13(16)10-15/h2-4,6-7,13,17H,5,8-9,11H2,1H3. The number of β-amino-alcohol motifs (C(OH)–C–C–N with tert-alkyl or cyclic N) is 1. The minimum absolute atomic E-state index is 0.0369. The zero-order valence-corrected chi connectivity index (χ0v) is 10.1. The van der Waals surface area contributed by atoms with Crippen LogP contribution in [0.3, 0.4) is 0 Å². The fraction of sp³-hybridized carbons (Fsp3) is 0.500. The molecule has 17 heavy (non-hydrogen) atoms. The summed E-state index contributed by atoms with van der Waals surface area (Å²) >= 11 is 0. The minimum Gasteiger partial charge on any atom is -0.384 e. The van der Waals surface area contributed by atoms with Crippen LogP contribution in [0.25, 0.3) is 0 Å². The van der Waals surface area contributed by atoms with Crippen LogP contribution in [0.4, 0.5) is 0 Å². The van der Waals surface area contributed by atoms with Crippen LogP contribution in [0.15, 0.2) is 30.3 Å². The molecule has 0 saturated carbocycles. The summed E-state index contributed by atoms with van der Waals surface area (Å²) in [6.45, 7) is 3.24. The van der Waals surface area contributed by atoms with Crippen LogP contribution in [0.5, 0.6) is 0 Å². The molecule has 0 spiro atoms. The molecule has 3 heteroatoms. The lowest BCUT2D eigenvalue weighted by Gasteiger charge is -2.30. The number of hydrogen-bond donors (Lipinski definition) is 1. The lowest BCUT2D eigenvalue weighted by atomic mass is 9.95. The van der Waals surface area contributed by atoms with Crippen molar-refractivity contribution in [1.82, 2.24) is 4.90 Å². The first-order valence-electron chi connectivity index (χ1n) is 6.05. The van der Waals surface area contributed by atoms with E-state index in [-0.39, 0.29) is 6.04 Å². The molecule has 1 aromatic rings. The Bertz CT molecular complexity index is 408. The molecule has 1 aliphatic rings. The van der Waals surface area contributed by atoms with Gasteiger partial charge in [0, 0.05) is 6.54 Å². The molecule has 1 aliphatic heterocycles. The Kier molecular flexibility index (Phi) is 3.46. The molecule has 0 bridgehead atoms. The summed E-state index contributed by atoms with van der Waals surface area (Å²) in [6, 6.07) is 11.9. The van der Waals surface area contributed by atoms with Crippen LogP contribution in [0.2, 0.25) is 0 Å². The van der Waals surface area contributed by atoms with Gasteiger partial charge in [-0.25, -0.2) is 0 Å². The Morgan fingerprint density at radius 1 is 1.47 bits per heavy atom. The summed E-state index contributed by atoms with van der Waals surface area (Å²) in [5, 5.41) is 19.5. The molecule has 3 nitrogen and oxygen atoms in total. The van der Waals surface area contributed by atoms with Gasteiger partial charge in [0.05, 0.1) is 17.7 Å². The molecule has 2 unspecified atom stereocenters. The first kappa shape index (κ1) is 12.1. The van der Waals surface area contributed by atoms with Gasteiger partial charge in [-0.3, -0.25) is 4.90 Å². The number of hydrogen-bond acceptors (Lipinski definition) is 3. The largest absolute Gasteiger partial charge is 0.384 e. The smallest absolute Gasteiger partial charge is 0.0995 e. The van der Waals surface area contributed by atoms with Gasteiger partial charge in [0.2, 0.25) is 0 Å². The third kappa shape index (κ3) is 2.66. The maximum absolute atomic E-state index is 10.5. The van der Waals surface area contributed by atoms with E-state index in [1.54, 1.807) is 0 Å². The van der Waals surface area contributed by atoms with Gasteiger partial charge in [0.1, 0.15) is 0 Å². The Balaban J connectivity index is 2.10. The van der Waals surface area contributed by atoms with Gasteiger partial charge in [-0.05, 0) is 31.9 Å². The maximum atomic E-state index is 10.5. The zero-order chi connectivity index (χ0) is 12.3. The highest BCUT2D eigenvalue weighted by molar-refractivity contribution is 5.22. The quantitative estimate of drug-likeness (QED) is 0.862. The van der Waals surface area contributed by atoms with Crippen molar-refractivity contribution >= 4 is 0 Å². The Morgan fingerprint density at radius 2 is 2.18 bits per heavy atom. The second-order valence-electron chi connectivity index (χ2n) is 4.90. The van der Waals surface area contributed by atoms with Crippen molar-refractivity contribution in [3.8, 4) is 6.07 Å². The molecule has 0 radical (unpaired) electrons. The number of nitrogens with zero attached hydrogens (tertiary/aromatic N) is 2. The summed E-state index contributed by atoms with van der Waals surface area (Å²) in [4.78, 5) is 2.08. The molecule has 0 amide bonds. The van der Waals surface area contributed by atoms with E-state index in [1.165, 1.54) is 0 Å². The third-order valence-corrected chi connectivity index (χ3v) is 3.42. The molecule has 0 aromatic heterocycles. The van der Waals surface area contributed by atoms with Crippen molar-refractivity contribution in [2.45, 2.75) is 31.4 Å². The summed E-state index contributed by atoms with van der Waals surface area (Å²) in [5.74, 6) is 0. The molecular formula is C14H18N2O. The van der Waals surface area contributed by atoms with E-state index in [2.05, 4.69) is 11.0 Å². The molecule has 2 atom stereocenters. The highest BCUT2D eigenvalue weighted by Gasteiger charge is 2.32. The van der Waals surface area contributed by atoms with E-state index < -0.39 is 5.60 Å². The van der Waals surface area contributed by atoms with E-state index in [1.807, 2.05) is 37.3 Å². The molecule has 2 rings (SSSR count). The van der Waals surface area contributed by atoms with Gasteiger partial charge in [-0.15, -0.1) is 0 Å². The zero-order valence-electron chi connectivity index (χ0n) is 10.1. The Hall–Kier alpha value is -1.37. The molecule has 1 heterocycles. The number of likely N-dealkylation sites (tertiary alicyclic amines) is 1. The second kappa shape index (κ2) is 4.87. The van der Waals surface area contributed by atoms with E-state index in [0.29, 0.717) is 6.54 Å². The predicted molar refractivity (Wildman–Crippen MR) is 66.2 cm³/mol. The van der Waals surface area contributed by atoms with Crippen molar-refractivity contribution in [1.29, 1.82) is 5.26 Å². The van der Waals surface area contributed by atoms with Gasteiger partial charge >= 0.3 is 0 Å². The number of rotatable bonds is 3. The monoisotopic (exact) mass is 230 g/mol. The number of aliphatic hydroxyl groups is 1. The van der Waals surface area contributed by atoms with Crippen molar-refractivity contribution < 1.29 is 5.11 Å². The fourth-order valence-corrected chi connectivity index (χ4v) is 2.45. The van der Waals surface area contributed by atoms with Crippen molar-refractivity contribution in [2.24, 2.45) is 0 Å². The average molecular weight is 230 g/mol. The van der Waals surface area contributed by atoms with Crippen LogP contribution in [0.1, 0.15) is 25.3 Å². The van der Waals surface area contributed by atoms with E-state index in [9.17, 15) is 5.11 Å². The van der Waals surface area contributed by atoms with Gasteiger partial charge in [-0.2, -0.15) is 5.26 Å². The minimum atomic E-state index is -0.888. The van der Waals surface area contributed by atoms with E-state index >= 15 is 0 Å². The topological polar surface area (TPSA) is 47.3 Å². The number of benzene rings is 1. The Morgan fingerprint density at radius 3 is 2.82 bits per heavy atom. The van der Waals surface area contributed by atoms with Crippen LogP contribution >= 0.6 is 0 Å². The summed E-state index contributed by atoms with van der Waals surface area (Å²) in [5.41, 5.74) is 0.0179. The lowest BCUT2D eigenvalue weighted by Crippen LogP contribution is -2.41. The fourth-order valence-electron chi connectivity index (χ4n) is 2.45. The first-order chi connectivity index (χ1) is 8.13. The van der Waals surface area contributed by atoms with Gasteiger partial charge in [0.25, 0.3) is 0 Å². The normalized spacial score (nSPS) is 24.2. The van der Waals surface area contributed by atoms with Crippen molar-refractivity contribution in [3.05, 3.63) is 35.9 Å². The second-order valence-corrected chi connectivity index (χ2v) is 4.90. The summed E-state index contributed by atoms with van der Waals surface area (Å²) in [6.07, 6.45) is 1.96. The summed E-state index contributed by atoms with van der Waals surface area (Å²) in [7, 11) is 0. The maximum Gasteiger partial charge on any atom is 0.0995 e. The third-order valence-electron chi connectivity index (χ3n) is 3.42. The van der Waals surface area contributed by atoms with Crippen molar-refractivity contribution in [2.75, 3.05) is 13.1 Å². The predicted octanol–water partition coefficient (Wildman–Crippen LogP) is 1.88. The number of nitriles is 1. The molecular weight excluding hydrogens is 212 g/mol. The van der Waals surface area contributed by atoms with Crippen LogP contribution in [-0.2, 0) is 5.60 Å². The highest BCUT2D eigenvalue weighted by Crippen LogP contribution is 2.26. The van der Waals surface area contributed by atoms with Crippen molar-refractivity contribution in [3.63, 3.8) is 0 Å². The van der Waals surface area contributed by atoms with Crippen LogP contribution < -0.4 is 0 Å². The van der Waals surface area contributed by atoms with E-state index in [4.69, 9.17) is 5.26 Å². The molecule has 1 aromatic carbocycles. The first-order valence-corrected chi connectivity index (χ1v) is 6.05. The lowest BCUT2D eigenvalue weighted by molar-refractivity contribution is 0.0172.